The van der Waals surface area contributed by atoms with Crippen molar-refractivity contribution in [3.63, 3.8) is 0 Å². The van der Waals surface area contributed by atoms with E-state index in [1.807, 2.05) is 66.8 Å². The molecule has 0 saturated heterocycles. The van der Waals surface area contributed by atoms with Gasteiger partial charge >= 0.3 is 6.61 Å². The Morgan fingerprint density at radius 2 is 1.66 bits per heavy atom. The number of benzene rings is 3. The zero-order valence-corrected chi connectivity index (χ0v) is 16.0. The van der Waals surface area contributed by atoms with Crippen LogP contribution in [0.25, 0.3) is 0 Å². The Labute approximate surface area is 168 Å². The highest BCUT2D eigenvalue weighted by Crippen LogP contribution is 2.22. The summed E-state index contributed by atoms with van der Waals surface area (Å²) in [5.41, 5.74) is 3.73. The highest BCUT2D eigenvalue weighted by atomic mass is 19.3. The lowest BCUT2D eigenvalue weighted by Gasteiger charge is -2.17. The molecule has 1 amide bonds. The fourth-order valence-electron chi connectivity index (χ4n) is 3.14. The van der Waals surface area contributed by atoms with Crippen LogP contribution in [0, 0.1) is 6.92 Å². The molecule has 0 spiro atoms. The minimum atomic E-state index is -2.86. The Hall–Kier alpha value is -3.25. The number of ether oxygens (including phenoxy) is 1. The standard InChI is InChI=1S/C23H22F2N2O2/c1-16-6-5-9-19(14-16)27-21(28)15-26-22(17-7-3-2-4-8-17)18-10-12-20(13-11-18)29-23(24)25/h2-14,22-23,26H,15H2,1H3,(H,27,28)/p+1/t22-/m1/s1. The monoisotopic (exact) mass is 397 g/mol. The smallest absolute Gasteiger partial charge is 0.387 e. The Morgan fingerprint density at radius 1 is 0.966 bits per heavy atom. The molecule has 4 nitrogen and oxygen atoms in total. The van der Waals surface area contributed by atoms with E-state index in [0.29, 0.717) is 0 Å². The number of hydrogen-bond acceptors (Lipinski definition) is 2. The predicted octanol–water partition coefficient (Wildman–Crippen LogP) is 3.89. The maximum atomic E-state index is 12.4. The molecule has 3 N–H and O–H groups in total. The first-order valence-electron chi connectivity index (χ1n) is 9.31. The molecule has 0 unspecified atom stereocenters. The third kappa shape index (κ3) is 6.12. The van der Waals surface area contributed by atoms with E-state index in [9.17, 15) is 13.6 Å². The van der Waals surface area contributed by atoms with Gasteiger partial charge in [-0.15, -0.1) is 0 Å². The lowest BCUT2D eigenvalue weighted by Crippen LogP contribution is -2.87. The minimum Gasteiger partial charge on any atom is -0.435 e. The molecule has 0 fully saturated rings. The second-order valence-electron chi connectivity index (χ2n) is 6.69. The number of halogens is 2. The van der Waals surface area contributed by atoms with Gasteiger partial charge in [-0.3, -0.25) is 4.79 Å². The van der Waals surface area contributed by atoms with Crippen molar-refractivity contribution in [1.82, 2.24) is 0 Å². The van der Waals surface area contributed by atoms with Crippen LogP contribution in [0.5, 0.6) is 5.75 Å². The van der Waals surface area contributed by atoms with E-state index >= 15 is 0 Å². The van der Waals surface area contributed by atoms with Gasteiger partial charge in [0, 0.05) is 16.8 Å². The van der Waals surface area contributed by atoms with Crippen molar-refractivity contribution in [2.24, 2.45) is 0 Å². The van der Waals surface area contributed by atoms with E-state index in [1.165, 1.54) is 12.1 Å². The summed E-state index contributed by atoms with van der Waals surface area (Å²) in [6.45, 7) is -0.681. The lowest BCUT2D eigenvalue weighted by molar-refractivity contribution is -0.676. The molecule has 0 aliphatic heterocycles. The van der Waals surface area contributed by atoms with Gasteiger partial charge in [0.1, 0.15) is 11.8 Å². The highest BCUT2D eigenvalue weighted by molar-refractivity contribution is 5.91. The van der Waals surface area contributed by atoms with Gasteiger partial charge in [-0.05, 0) is 48.9 Å². The van der Waals surface area contributed by atoms with Crippen molar-refractivity contribution in [3.8, 4) is 5.75 Å². The van der Waals surface area contributed by atoms with Crippen LogP contribution in [-0.4, -0.2) is 19.1 Å². The number of hydrogen-bond donors (Lipinski definition) is 2. The number of nitrogens with two attached hydrogens (primary N) is 1. The van der Waals surface area contributed by atoms with Gasteiger partial charge in [-0.25, -0.2) is 0 Å². The molecule has 0 heterocycles. The Morgan fingerprint density at radius 3 is 2.31 bits per heavy atom. The van der Waals surface area contributed by atoms with Crippen LogP contribution in [0.2, 0.25) is 0 Å². The van der Waals surface area contributed by atoms with Crippen molar-refractivity contribution in [1.29, 1.82) is 0 Å². The number of amides is 1. The molecule has 0 bridgehead atoms. The number of carbonyl (C=O) groups is 1. The van der Waals surface area contributed by atoms with E-state index in [0.717, 1.165) is 22.4 Å². The first-order valence-corrected chi connectivity index (χ1v) is 9.31. The van der Waals surface area contributed by atoms with E-state index in [1.54, 1.807) is 12.1 Å². The second kappa shape index (κ2) is 9.80. The average Bonchev–Trinajstić information content (AvgIpc) is 2.70. The number of quaternary nitrogens is 1. The van der Waals surface area contributed by atoms with E-state index in [-0.39, 0.29) is 24.2 Å². The van der Waals surface area contributed by atoms with Crippen LogP contribution in [0.3, 0.4) is 0 Å². The summed E-state index contributed by atoms with van der Waals surface area (Å²) >= 11 is 0. The molecule has 1 atom stereocenters. The van der Waals surface area contributed by atoms with Gasteiger partial charge in [-0.2, -0.15) is 8.78 Å². The molecule has 6 heteroatoms. The SMILES string of the molecule is Cc1cccc(NC(=O)C[NH2+][C@H](c2ccccc2)c2ccc(OC(F)F)cc2)c1. The Bertz CT molecular complexity index is 931. The van der Waals surface area contributed by atoms with Crippen molar-refractivity contribution in [2.75, 3.05) is 11.9 Å². The van der Waals surface area contributed by atoms with Crippen LogP contribution in [-0.2, 0) is 4.79 Å². The summed E-state index contributed by atoms with van der Waals surface area (Å²) in [6.07, 6.45) is 0. The first-order chi connectivity index (χ1) is 14.0. The summed E-state index contributed by atoms with van der Waals surface area (Å²) < 4.78 is 29.2. The lowest BCUT2D eigenvalue weighted by atomic mass is 9.98. The number of carbonyl (C=O) groups excluding carboxylic acids is 1. The van der Waals surface area contributed by atoms with Gasteiger partial charge in [0.25, 0.3) is 5.91 Å². The first kappa shape index (κ1) is 20.5. The van der Waals surface area contributed by atoms with Crippen LogP contribution < -0.4 is 15.4 Å². The summed E-state index contributed by atoms with van der Waals surface area (Å²) in [7, 11) is 0. The van der Waals surface area contributed by atoms with Gasteiger partial charge in [0.2, 0.25) is 0 Å². The molecule has 3 rings (SSSR count). The van der Waals surface area contributed by atoms with Crippen molar-refractivity contribution in [2.45, 2.75) is 19.6 Å². The normalized spacial score (nSPS) is 11.9. The van der Waals surface area contributed by atoms with Crippen LogP contribution in [0.4, 0.5) is 14.5 Å². The van der Waals surface area contributed by atoms with Crippen LogP contribution in [0.15, 0.2) is 78.9 Å². The maximum absolute atomic E-state index is 12.4. The molecular weight excluding hydrogens is 374 g/mol. The molecule has 0 aromatic heterocycles. The second-order valence-corrected chi connectivity index (χ2v) is 6.69. The highest BCUT2D eigenvalue weighted by Gasteiger charge is 2.19. The van der Waals surface area contributed by atoms with E-state index in [2.05, 4.69) is 10.1 Å². The van der Waals surface area contributed by atoms with Crippen LogP contribution >= 0.6 is 0 Å². The Kier molecular flexibility index (Phi) is 6.92. The van der Waals surface area contributed by atoms with Crippen molar-refractivity contribution in [3.05, 3.63) is 95.6 Å². The summed E-state index contributed by atoms with van der Waals surface area (Å²) in [5, 5.41) is 4.82. The molecule has 3 aromatic rings. The number of anilines is 1. The summed E-state index contributed by atoms with van der Waals surface area (Å²) in [6, 6.07) is 23.7. The predicted molar refractivity (Wildman–Crippen MR) is 108 cm³/mol. The number of alkyl halides is 2. The molecule has 29 heavy (non-hydrogen) atoms. The number of nitrogens with one attached hydrogen (secondary N) is 1. The van der Waals surface area contributed by atoms with Gasteiger partial charge < -0.3 is 15.4 Å². The van der Waals surface area contributed by atoms with Gasteiger partial charge in [0.05, 0.1) is 0 Å². The molecular formula is C23H23F2N2O2+. The molecule has 0 radical (unpaired) electrons. The number of rotatable bonds is 8. The quantitative estimate of drug-likeness (QED) is 0.606. The Balaban J connectivity index is 1.72. The van der Waals surface area contributed by atoms with E-state index < -0.39 is 6.61 Å². The number of aryl methyl sites for hydroxylation is 1. The zero-order chi connectivity index (χ0) is 20.6. The summed E-state index contributed by atoms with van der Waals surface area (Å²) in [5.74, 6) is -0.0121. The van der Waals surface area contributed by atoms with Crippen molar-refractivity contribution >= 4 is 11.6 Å². The third-order valence-corrected chi connectivity index (χ3v) is 4.46. The fourth-order valence-corrected chi connectivity index (χ4v) is 3.14. The van der Waals surface area contributed by atoms with Crippen LogP contribution in [0.1, 0.15) is 22.7 Å². The average molecular weight is 397 g/mol. The molecule has 3 aromatic carbocycles. The third-order valence-electron chi connectivity index (χ3n) is 4.46. The molecule has 0 saturated carbocycles. The van der Waals surface area contributed by atoms with Gasteiger partial charge in [-0.1, -0.05) is 42.5 Å². The molecule has 150 valence electrons. The molecule has 0 aliphatic carbocycles. The largest absolute Gasteiger partial charge is 0.435 e. The van der Waals surface area contributed by atoms with E-state index in [4.69, 9.17) is 0 Å². The van der Waals surface area contributed by atoms with Crippen molar-refractivity contribution < 1.29 is 23.6 Å². The fraction of sp³-hybridized carbons (Fsp3) is 0.174. The minimum absolute atomic E-state index is 0.104. The summed E-state index contributed by atoms with van der Waals surface area (Å²) in [4.78, 5) is 12.4. The molecule has 0 aliphatic rings. The zero-order valence-electron chi connectivity index (χ0n) is 16.0. The van der Waals surface area contributed by atoms with Gasteiger partial charge in [0.15, 0.2) is 6.54 Å². The topological polar surface area (TPSA) is 54.9 Å². The maximum Gasteiger partial charge on any atom is 0.387 e.